The van der Waals surface area contributed by atoms with Crippen molar-refractivity contribution in [2.75, 3.05) is 26.1 Å². The molecular weight excluding hydrogens is 314 g/mol. The first-order valence-corrected chi connectivity index (χ1v) is 7.60. The predicted octanol–water partition coefficient (Wildman–Crippen LogP) is -0.992. The monoisotopic (exact) mass is 331 g/mol. The molecule has 4 N–H and O–H groups in total. The molecule has 22 heavy (non-hydrogen) atoms. The van der Waals surface area contributed by atoms with E-state index < -0.39 is 28.1 Å². The number of benzene rings is 1. The molecule has 1 aromatic rings. The van der Waals surface area contributed by atoms with Crippen molar-refractivity contribution in [1.82, 2.24) is 5.32 Å². The van der Waals surface area contributed by atoms with E-state index in [-0.39, 0.29) is 17.1 Å². The first-order valence-electron chi connectivity index (χ1n) is 6.05. The highest BCUT2D eigenvalue weighted by molar-refractivity contribution is 7.89. The molecular formula is C12H17N3O6S. The normalized spacial score (nSPS) is 11.3. The van der Waals surface area contributed by atoms with Crippen molar-refractivity contribution < 1.29 is 27.5 Å². The van der Waals surface area contributed by atoms with Crippen molar-refractivity contribution in [3.05, 3.63) is 24.3 Å². The summed E-state index contributed by atoms with van der Waals surface area (Å²) in [5, 5.41) is 9.58. The fraction of sp³-hybridized carbons (Fsp3) is 0.333. The lowest BCUT2D eigenvalue weighted by atomic mass is 10.3. The lowest BCUT2D eigenvalue weighted by Gasteiger charge is -2.13. The molecule has 0 unspecified atom stereocenters. The summed E-state index contributed by atoms with van der Waals surface area (Å²) >= 11 is 0. The quantitative estimate of drug-likeness (QED) is 0.452. The van der Waals surface area contributed by atoms with Crippen LogP contribution < -0.4 is 15.8 Å². The Kier molecular flexibility index (Phi) is 6.43. The van der Waals surface area contributed by atoms with Crippen molar-refractivity contribution in [1.29, 1.82) is 0 Å². The van der Waals surface area contributed by atoms with E-state index in [0.29, 0.717) is 0 Å². The van der Waals surface area contributed by atoms with Crippen LogP contribution in [-0.4, -0.2) is 47.3 Å². The maximum absolute atomic E-state index is 11.6. The van der Waals surface area contributed by atoms with Crippen molar-refractivity contribution in [2.24, 2.45) is 5.14 Å². The smallest absolute Gasteiger partial charge is 0.313 e. The molecule has 0 aliphatic carbocycles. The van der Waals surface area contributed by atoms with Crippen LogP contribution in [0.4, 0.5) is 5.69 Å². The van der Waals surface area contributed by atoms with Gasteiger partial charge in [0.25, 0.3) is 0 Å². The third-order valence-corrected chi connectivity index (χ3v) is 3.53. The van der Waals surface area contributed by atoms with E-state index in [9.17, 15) is 18.0 Å². The van der Waals surface area contributed by atoms with Crippen LogP contribution in [0.3, 0.4) is 0 Å². The van der Waals surface area contributed by atoms with Gasteiger partial charge in [-0.2, -0.15) is 0 Å². The number of carbonyl (C=O) groups is 2. The number of nitrogens with two attached hydrogens (primary N) is 1. The van der Waals surface area contributed by atoms with E-state index in [1.54, 1.807) is 0 Å². The molecule has 0 aliphatic heterocycles. The van der Waals surface area contributed by atoms with E-state index in [1.807, 2.05) is 0 Å². The summed E-state index contributed by atoms with van der Waals surface area (Å²) in [6, 6.07) is 5.07. The van der Waals surface area contributed by atoms with Crippen molar-refractivity contribution in [3.63, 3.8) is 0 Å². The van der Waals surface area contributed by atoms with Crippen LogP contribution in [0.2, 0.25) is 0 Å². The number of ether oxygens (including phenoxy) is 2. The van der Waals surface area contributed by atoms with Gasteiger partial charge in [-0.1, -0.05) is 0 Å². The zero-order valence-electron chi connectivity index (χ0n) is 12.0. The van der Waals surface area contributed by atoms with Gasteiger partial charge in [0.15, 0.2) is 6.29 Å². The van der Waals surface area contributed by atoms with Crippen LogP contribution in [-0.2, 0) is 29.1 Å². The average Bonchev–Trinajstić information content (AvgIpc) is 2.47. The summed E-state index contributed by atoms with van der Waals surface area (Å²) in [6.45, 7) is 0.00358. The molecule has 122 valence electrons. The molecule has 0 saturated carbocycles. The molecule has 0 bridgehead atoms. The van der Waals surface area contributed by atoms with Crippen LogP contribution in [0.5, 0.6) is 0 Å². The zero-order chi connectivity index (χ0) is 16.8. The molecule has 1 aromatic carbocycles. The van der Waals surface area contributed by atoms with Gasteiger partial charge < -0.3 is 20.1 Å². The fourth-order valence-electron chi connectivity index (χ4n) is 1.44. The van der Waals surface area contributed by atoms with Gasteiger partial charge in [-0.15, -0.1) is 0 Å². The fourth-order valence-corrected chi connectivity index (χ4v) is 1.95. The third kappa shape index (κ3) is 5.41. The minimum absolute atomic E-state index is 0.00358. The molecule has 2 amide bonds. The Balaban J connectivity index is 2.59. The van der Waals surface area contributed by atoms with Crippen LogP contribution in [0, 0.1) is 0 Å². The highest BCUT2D eigenvalue weighted by Gasteiger charge is 2.16. The first kappa shape index (κ1) is 18.0. The minimum atomic E-state index is -3.81. The highest BCUT2D eigenvalue weighted by Crippen LogP contribution is 2.12. The molecule has 0 heterocycles. The molecule has 1 rings (SSSR count). The molecule has 0 fully saturated rings. The van der Waals surface area contributed by atoms with E-state index >= 15 is 0 Å². The Bertz CT molecular complexity index is 625. The minimum Gasteiger partial charge on any atom is -0.354 e. The van der Waals surface area contributed by atoms with Crippen LogP contribution in [0.1, 0.15) is 0 Å². The number of anilines is 1. The third-order valence-electron chi connectivity index (χ3n) is 2.60. The van der Waals surface area contributed by atoms with E-state index in [4.69, 9.17) is 14.6 Å². The van der Waals surface area contributed by atoms with Gasteiger partial charge in [-0.3, -0.25) is 9.59 Å². The lowest BCUT2D eigenvalue weighted by Crippen LogP contribution is -2.40. The van der Waals surface area contributed by atoms with Gasteiger partial charge in [-0.25, -0.2) is 13.6 Å². The summed E-state index contributed by atoms with van der Waals surface area (Å²) in [6.07, 6.45) is -0.661. The zero-order valence-corrected chi connectivity index (χ0v) is 12.8. The number of methoxy groups -OCH3 is 2. The van der Waals surface area contributed by atoms with Crippen LogP contribution in [0.25, 0.3) is 0 Å². The number of amides is 2. The second-order valence-electron chi connectivity index (χ2n) is 4.13. The van der Waals surface area contributed by atoms with Crippen LogP contribution >= 0.6 is 0 Å². The topological polar surface area (TPSA) is 137 Å². The maximum Gasteiger partial charge on any atom is 0.313 e. The number of hydrogen-bond donors (Lipinski definition) is 3. The molecule has 9 nitrogen and oxygen atoms in total. The number of primary sulfonamides is 1. The van der Waals surface area contributed by atoms with Crippen LogP contribution in [0.15, 0.2) is 29.2 Å². The molecule has 0 aliphatic rings. The Morgan fingerprint density at radius 2 is 1.68 bits per heavy atom. The molecule has 0 aromatic heterocycles. The van der Waals surface area contributed by atoms with E-state index in [2.05, 4.69) is 10.6 Å². The highest BCUT2D eigenvalue weighted by atomic mass is 32.2. The largest absolute Gasteiger partial charge is 0.354 e. The van der Waals surface area contributed by atoms with Crippen molar-refractivity contribution in [3.8, 4) is 0 Å². The Labute approximate surface area is 127 Å². The van der Waals surface area contributed by atoms with Gasteiger partial charge in [-0.05, 0) is 24.3 Å². The summed E-state index contributed by atoms with van der Waals surface area (Å²) < 4.78 is 31.9. The Hall–Kier alpha value is -2.01. The van der Waals surface area contributed by atoms with Gasteiger partial charge in [0.2, 0.25) is 10.0 Å². The average molecular weight is 331 g/mol. The molecule has 0 spiro atoms. The summed E-state index contributed by atoms with van der Waals surface area (Å²) in [7, 11) is -1.02. The lowest BCUT2D eigenvalue weighted by molar-refractivity contribution is -0.139. The SMILES string of the molecule is COC(CNC(=O)C(=O)Nc1ccc(S(N)(=O)=O)cc1)OC. The number of rotatable bonds is 6. The first-order chi connectivity index (χ1) is 10.3. The Morgan fingerprint density at radius 3 is 2.14 bits per heavy atom. The van der Waals surface area contributed by atoms with Gasteiger partial charge >= 0.3 is 11.8 Å². The molecule has 0 saturated heterocycles. The van der Waals surface area contributed by atoms with Crippen molar-refractivity contribution >= 4 is 27.5 Å². The summed E-state index contributed by atoms with van der Waals surface area (Å²) in [4.78, 5) is 23.1. The maximum atomic E-state index is 11.6. The molecule has 0 radical (unpaired) electrons. The molecule has 10 heteroatoms. The summed E-state index contributed by atoms with van der Waals surface area (Å²) in [5.74, 6) is -1.79. The number of nitrogens with one attached hydrogen (secondary N) is 2. The molecule has 0 atom stereocenters. The Morgan fingerprint density at radius 1 is 1.14 bits per heavy atom. The van der Waals surface area contributed by atoms with Gasteiger partial charge in [0, 0.05) is 19.9 Å². The second kappa shape index (κ2) is 7.84. The number of sulfonamides is 1. The standard InChI is InChI=1S/C12H17N3O6S/c1-20-10(21-2)7-14-11(16)12(17)15-8-3-5-9(6-4-8)22(13,18)19/h3-6,10H,7H2,1-2H3,(H,14,16)(H,15,17)(H2,13,18,19). The van der Waals surface area contributed by atoms with Gasteiger partial charge in [0.05, 0.1) is 11.4 Å². The predicted molar refractivity (Wildman–Crippen MR) is 77.3 cm³/mol. The second-order valence-corrected chi connectivity index (χ2v) is 5.70. The van der Waals surface area contributed by atoms with Gasteiger partial charge in [0.1, 0.15) is 0 Å². The summed E-state index contributed by atoms with van der Waals surface area (Å²) in [5.41, 5.74) is 0.252. The number of carbonyl (C=O) groups excluding carboxylic acids is 2. The van der Waals surface area contributed by atoms with E-state index in [0.717, 1.165) is 0 Å². The van der Waals surface area contributed by atoms with Crippen molar-refractivity contribution in [2.45, 2.75) is 11.2 Å². The number of hydrogen-bond acceptors (Lipinski definition) is 6. The van der Waals surface area contributed by atoms with E-state index in [1.165, 1.54) is 38.5 Å².